The first-order valence-corrected chi connectivity index (χ1v) is 6.30. The summed E-state index contributed by atoms with van der Waals surface area (Å²) in [5.41, 5.74) is -3.35. The Balaban J connectivity index is 3.01. The van der Waals surface area contributed by atoms with Gasteiger partial charge in [-0.25, -0.2) is 0 Å². The molecule has 0 aliphatic heterocycles. The second-order valence-corrected chi connectivity index (χ2v) is 5.68. The molecule has 3 nitrogen and oxygen atoms in total. The van der Waals surface area contributed by atoms with Crippen molar-refractivity contribution < 1.29 is 15.3 Å². The van der Waals surface area contributed by atoms with Gasteiger partial charge in [-0.3, -0.25) is 0 Å². The van der Waals surface area contributed by atoms with Crippen molar-refractivity contribution in [3.05, 3.63) is 38.0 Å². The fourth-order valence-corrected chi connectivity index (χ4v) is 3.26. The first-order chi connectivity index (χ1) is 8.30. The lowest BCUT2D eigenvalue weighted by Gasteiger charge is -2.49. The molecule has 18 heavy (non-hydrogen) atoms. The van der Waals surface area contributed by atoms with Crippen LogP contribution in [0.15, 0.2) is 38.0 Å². The number of aliphatic hydroxyl groups is 3. The Morgan fingerprint density at radius 2 is 0.889 bits per heavy atom. The van der Waals surface area contributed by atoms with E-state index in [0.29, 0.717) is 19.3 Å². The maximum absolute atomic E-state index is 10.5. The van der Waals surface area contributed by atoms with Crippen molar-refractivity contribution in [3.63, 3.8) is 0 Å². The average Bonchev–Trinajstić information content (AvgIpc) is 2.14. The van der Waals surface area contributed by atoms with Gasteiger partial charge in [0.25, 0.3) is 0 Å². The van der Waals surface area contributed by atoms with Crippen molar-refractivity contribution in [2.24, 2.45) is 0 Å². The molecule has 0 spiro atoms. The molecule has 1 saturated carbocycles. The molecule has 0 bridgehead atoms. The van der Waals surface area contributed by atoms with Crippen molar-refractivity contribution in [3.8, 4) is 0 Å². The summed E-state index contributed by atoms with van der Waals surface area (Å²) in [4.78, 5) is 0. The molecule has 0 aromatic rings. The highest BCUT2D eigenvalue weighted by Gasteiger charge is 2.51. The lowest BCUT2D eigenvalue weighted by atomic mass is 9.64. The maximum Gasteiger partial charge on any atom is 0.0736 e. The van der Waals surface area contributed by atoms with Crippen molar-refractivity contribution in [2.45, 2.75) is 55.3 Å². The fourth-order valence-electron chi connectivity index (χ4n) is 3.26. The molecule has 0 atom stereocenters. The molecular formula is C15H24O3. The summed E-state index contributed by atoms with van der Waals surface area (Å²) in [5, 5.41) is 31.6. The number of rotatable bonds is 6. The highest BCUT2D eigenvalue weighted by Crippen LogP contribution is 2.46. The van der Waals surface area contributed by atoms with Crippen LogP contribution in [0.25, 0.3) is 0 Å². The summed E-state index contributed by atoms with van der Waals surface area (Å²) in [5.74, 6) is 0. The molecule has 0 aromatic heterocycles. The molecule has 0 amide bonds. The maximum atomic E-state index is 10.5. The molecule has 1 aliphatic rings. The van der Waals surface area contributed by atoms with Gasteiger partial charge in [0, 0.05) is 19.3 Å². The molecule has 3 N–H and O–H groups in total. The molecule has 1 fully saturated rings. The molecule has 0 saturated heterocycles. The normalized spacial score (nSPS) is 40.2. The van der Waals surface area contributed by atoms with Crippen molar-refractivity contribution in [1.29, 1.82) is 0 Å². The molecular weight excluding hydrogens is 228 g/mol. The highest BCUT2D eigenvalue weighted by atomic mass is 16.3. The van der Waals surface area contributed by atoms with Gasteiger partial charge < -0.3 is 15.3 Å². The molecule has 1 rings (SSSR count). The van der Waals surface area contributed by atoms with Gasteiger partial charge in [-0.1, -0.05) is 18.2 Å². The third kappa shape index (κ3) is 3.55. The molecule has 3 heteroatoms. The van der Waals surface area contributed by atoms with Gasteiger partial charge in [0.05, 0.1) is 16.8 Å². The monoisotopic (exact) mass is 252 g/mol. The van der Waals surface area contributed by atoms with Crippen molar-refractivity contribution in [1.82, 2.24) is 0 Å². The van der Waals surface area contributed by atoms with E-state index in [1.807, 2.05) is 0 Å². The minimum absolute atomic E-state index is 0.234. The third-order valence-corrected chi connectivity index (χ3v) is 3.55. The van der Waals surface area contributed by atoms with E-state index in [2.05, 4.69) is 19.7 Å². The molecule has 1 aliphatic carbocycles. The molecule has 0 unspecified atom stereocenters. The first kappa shape index (κ1) is 15.2. The Kier molecular flexibility index (Phi) is 4.54. The summed E-state index contributed by atoms with van der Waals surface area (Å²) < 4.78 is 0. The zero-order valence-corrected chi connectivity index (χ0v) is 10.9. The van der Waals surface area contributed by atoms with E-state index in [-0.39, 0.29) is 19.3 Å². The van der Waals surface area contributed by atoms with E-state index in [1.54, 1.807) is 18.2 Å². The van der Waals surface area contributed by atoms with Crippen LogP contribution in [0.4, 0.5) is 0 Å². The standard InChI is InChI=1S/C15H24O3/c1-4-7-13(16)10-14(17,8-5-2)12-15(18,11-13)9-6-3/h4-6,16-18H,1-3,7-12H2. The predicted octanol–water partition coefficient (Wildman–Crippen LogP) is 2.09. The van der Waals surface area contributed by atoms with Gasteiger partial charge in [0.1, 0.15) is 0 Å². The summed E-state index contributed by atoms with van der Waals surface area (Å²) in [6, 6.07) is 0. The summed E-state index contributed by atoms with van der Waals surface area (Å²) in [6.45, 7) is 10.9. The summed E-state index contributed by atoms with van der Waals surface area (Å²) >= 11 is 0. The van der Waals surface area contributed by atoms with Crippen molar-refractivity contribution >= 4 is 0 Å². The SMILES string of the molecule is C=CCC1(O)CC(O)(CC=C)CC(O)(CC=C)C1. The van der Waals surface area contributed by atoms with Crippen LogP contribution in [0.1, 0.15) is 38.5 Å². The highest BCUT2D eigenvalue weighted by molar-refractivity contribution is 5.09. The van der Waals surface area contributed by atoms with E-state index in [0.717, 1.165) is 0 Å². The van der Waals surface area contributed by atoms with Crippen LogP contribution < -0.4 is 0 Å². The van der Waals surface area contributed by atoms with Gasteiger partial charge in [0.15, 0.2) is 0 Å². The van der Waals surface area contributed by atoms with Gasteiger partial charge in [0.2, 0.25) is 0 Å². The van der Waals surface area contributed by atoms with Crippen LogP contribution >= 0.6 is 0 Å². The Morgan fingerprint density at radius 1 is 0.667 bits per heavy atom. The zero-order chi connectivity index (χ0) is 13.9. The Bertz CT molecular complexity index is 274. The number of hydrogen-bond acceptors (Lipinski definition) is 3. The van der Waals surface area contributed by atoms with E-state index in [4.69, 9.17) is 0 Å². The first-order valence-electron chi connectivity index (χ1n) is 6.30. The Morgan fingerprint density at radius 3 is 1.06 bits per heavy atom. The second kappa shape index (κ2) is 5.39. The lowest BCUT2D eigenvalue weighted by molar-refractivity contribution is -0.175. The summed E-state index contributed by atoms with van der Waals surface area (Å²) in [7, 11) is 0. The Hall–Kier alpha value is -0.900. The minimum Gasteiger partial charge on any atom is -0.389 e. The van der Waals surface area contributed by atoms with Crippen LogP contribution in [0.3, 0.4) is 0 Å². The molecule has 102 valence electrons. The smallest absolute Gasteiger partial charge is 0.0736 e. The van der Waals surface area contributed by atoms with Gasteiger partial charge in [-0.05, 0) is 19.3 Å². The Labute approximate surface area is 109 Å². The second-order valence-electron chi connectivity index (χ2n) is 5.68. The quantitative estimate of drug-likeness (QED) is 0.634. The van der Waals surface area contributed by atoms with Gasteiger partial charge >= 0.3 is 0 Å². The fraction of sp³-hybridized carbons (Fsp3) is 0.600. The molecule has 0 aromatic carbocycles. The van der Waals surface area contributed by atoms with E-state index in [1.165, 1.54) is 0 Å². The van der Waals surface area contributed by atoms with Crippen LogP contribution in [-0.2, 0) is 0 Å². The van der Waals surface area contributed by atoms with E-state index in [9.17, 15) is 15.3 Å². The molecule has 0 radical (unpaired) electrons. The average molecular weight is 252 g/mol. The van der Waals surface area contributed by atoms with E-state index < -0.39 is 16.8 Å². The summed E-state index contributed by atoms with van der Waals surface area (Å²) in [6.07, 6.45) is 6.62. The van der Waals surface area contributed by atoms with Crippen LogP contribution in [0.5, 0.6) is 0 Å². The van der Waals surface area contributed by atoms with Crippen LogP contribution in [0.2, 0.25) is 0 Å². The molecule has 0 heterocycles. The topological polar surface area (TPSA) is 60.7 Å². The van der Waals surface area contributed by atoms with Crippen molar-refractivity contribution in [2.75, 3.05) is 0 Å². The predicted molar refractivity (Wildman–Crippen MR) is 73.1 cm³/mol. The van der Waals surface area contributed by atoms with Gasteiger partial charge in [-0.15, -0.1) is 19.7 Å². The van der Waals surface area contributed by atoms with Crippen LogP contribution in [0, 0.1) is 0 Å². The lowest BCUT2D eigenvalue weighted by Crippen LogP contribution is -2.56. The van der Waals surface area contributed by atoms with Crippen LogP contribution in [-0.4, -0.2) is 32.1 Å². The zero-order valence-electron chi connectivity index (χ0n) is 10.9. The number of hydrogen-bond donors (Lipinski definition) is 3. The third-order valence-electron chi connectivity index (χ3n) is 3.55. The minimum atomic E-state index is -1.12. The van der Waals surface area contributed by atoms with E-state index >= 15 is 0 Å². The van der Waals surface area contributed by atoms with Gasteiger partial charge in [-0.2, -0.15) is 0 Å². The largest absolute Gasteiger partial charge is 0.389 e.